The monoisotopic (exact) mass is 224 g/mol. The Balaban J connectivity index is 2.18. The summed E-state index contributed by atoms with van der Waals surface area (Å²) < 4.78 is 2.08. The number of aryl methyl sites for hydroxylation is 1. The van der Waals surface area contributed by atoms with Gasteiger partial charge in [-0.05, 0) is 46.1 Å². The molecule has 16 heavy (non-hydrogen) atoms. The number of aromatic nitrogens is 2. The van der Waals surface area contributed by atoms with Crippen LogP contribution in [0.4, 0.5) is 0 Å². The fourth-order valence-corrected chi connectivity index (χ4v) is 1.66. The molecule has 0 saturated carbocycles. The van der Waals surface area contributed by atoms with Crippen LogP contribution in [0, 0.1) is 0 Å². The van der Waals surface area contributed by atoms with Gasteiger partial charge in [0.15, 0.2) is 0 Å². The van der Waals surface area contributed by atoms with E-state index in [1.165, 1.54) is 12.1 Å². The topological polar surface area (TPSA) is 33.1 Å². The van der Waals surface area contributed by atoms with Gasteiger partial charge in [-0.25, -0.2) is 0 Å². The van der Waals surface area contributed by atoms with Crippen molar-refractivity contribution in [3.63, 3.8) is 0 Å². The van der Waals surface area contributed by atoms with Crippen molar-refractivity contribution < 1.29 is 0 Å². The lowest BCUT2D eigenvalue weighted by Gasteiger charge is -2.10. The molecule has 92 valence electrons. The highest BCUT2D eigenvalue weighted by Gasteiger charge is 2.00. The summed E-state index contributed by atoms with van der Waals surface area (Å²) in [5.41, 5.74) is 1.28. The Morgan fingerprint density at radius 3 is 2.94 bits per heavy atom. The number of rotatable bonds is 8. The Bertz CT molecular complexity index is 280. The highest BCUT2D eigenvalue weighted by molar-refractivity contribution is 4.99. The lowest BCUT2D eigenvalue weighted by atomic mass is 10.3. The van der Waals surface area contributed by atoms with Gasteiger partial charge in [0.2, 0.25) is 0 Å². The molecule has 1 N–H and O–H groups in total. The van der Waals surface area contributed by atoms with Crippen LogP contribution in [-0.4, -0.2) is 41.9 Å². The normalized spacial score (nSPS) is 11.2. The number of hydrogen-bond donors (Lipinski definition) is 1. The van der Waals surface area contributed by atoms with Crippen molar-refractivity contribution in [2.45, 2.75) is 32.9 Å². The molecule has 0 aliphatic rings. The molecule has 0 atom stereocenters. The van der Waals surface area contributed by atoms with Crippen LogP contribution in [0.5, 0.6) is 0 Å². The average molecular weight is 224 g/mol. The highest BCUT2D eigenvalue weighted by atomic mass is 15.3. The summed E-state index contributed by atoms with van der Waals surface area (Å²) in [5.74, 6) is 0. The van der Waals surface area contributed by atoms with E-state index >= 15 is 0 Å². The molecule has 0 aromatic carbocycles. The third kappa shape index (κ3) is 4.77. The maximum Gasteiger partial charge on any atom is 0.0522 e. The maximum absolute atomic E-state index is 4.30. The SMILES string of the molecule is CCCn1nccc1CNCCCN(C)C. The third-order valence-corrected chi connectivity index (χ3v) is 2.50. The fraction of sp³-hybridized carbons (Fsp3) is 0.750. The summed E-state index contributed by atoms with van der Waals surface area (Å²) in [4.78, 5) is 2.21. The maximum atomic E-state index is 4.30. The van der Waals surface area contributed by atoms with E-state index in [1.807, 2.05) is 6.20 Å². The molecule has 0 fully saturated rings. The smallest absolute Gasteiger partial charge is 0.0522 e. The zero-order valence-electron chi connectivity index (χ0n) is 10.7. The van der Waals surface area contributed by atoms with Gasteiger partial charge in [0.25, 0.3) is 0 Å². The molecule has 4 heteroatoms. The largest absolute Gasteiger partial charge is 0.311 e. The molecule has 0 unspecified atom stereocenters. The van der Waals surface area contributed by atoms with E-state index in [0.717, 1.165) is 32.6 Å². The van der Waals surface area contributed by atoms with E-state index in [9.17, 15) is 0 Å². The van der Waals surface area contributed by atoms with Gasteiger partial charge in [-0.1, -0.05) is 6.92 Å². The van der Waals surface area contributed by atoms with Crippen molar-refractivity contribution in [2.24, 2.45) is 0 Å². The van der Waals surface area contributed by atoms with Crippen LogP contribution >= 0.6 is 0 Å². The first-order valence-electron chi connectivity index (χ1n) is 6.10. The van der Waals surface area contributed by atoms with Crippen molar-refractivity contribution in [2.75, 3.05) is 27.2 Å². The van der Waals surface area contributed by atoms with E-state index in [-0.39, 0.29) is 0 Å². The Morgan fingerprint density at radius 1 is 1.44 bits per heavy atom. The van der Waals surface area contributed by atoms with Crippen LogP contribution in [0.25, 0.3) is 0 Å². The summed E-state index contributed by atoms with van der Waals surface area (Å²) in [6.45, 7) is 6.32. The van der Waals surface area contributed by atoms with Crippen LogP contribution in [0.3, 0.4) is 0 Å². The first-order chi connectivity index (χ1) is 7.74. The van der Waals surface area contributed by atoms with Crippen LogP contribution < -0.4 is 5.32 Å². The second kappa shape index (κ2) is 7.41. The van der Waals surface area contributed by atoms with E-state index in [1.54, 1.807) is 0 Å². The predicted molar refractivity (Wildman–Crippen MR) is 67.4 cm³/mol. The molecule has 0 spiro atoms. The lowest BCUT2D eigenvalue weighted by molar-refractivity contribution is 0.393. The molecule has 0 radical (unpaired) electrons. The van der Waals surface area contributed by atoms with Gasteiger partial charge in [0.1, 0.15) is 0 Å². The minimum atomic E-state index is 0.924. The molecule has 0 saturated heterocycles. The molecule has 4 nitrogen and oxygen atoms in total. The second-order valence-corrected chi connectivity index (χ2v) is 4.38. The Labute approximate surface area is 98.6 Å². The minimum Gasteiger partial charge on any atom is -0.311 e. The third-order valence-electron chi connectivity index (χ3n) is 2.50. The first-order valence-corrected chi connectivity index (χ1v) is 6.10. The summed E-state index contributed by atoms with van der Waals surface area (Å²) in [6, 6.07) is 2.09. The number of nitrogens with one attached hydrogen (secondary N) is 1. The average Bonchev–Trinajstić information content (AvgIpc) is 2.65. The van der Waals surface area contributed by atoms with Crippen molar-refractivity contribution in [3.05, 3.63) is 18.0 Å². The summed E-state index contributed by atoms with van der Waals surface area (Å²) in [5, 5.41) is 7.76. The zero-order valence-corrected chi connectivity index (χ0v) is 10.7. The van der Waals surface area contributed by atoms with E-state index < -0.39 is 0 Å². The van der Waals surface area contributed by atoms with E-state index in [4.69, 9.17) is 0 Å². The van der Waals surface area contributed by atoms with Crippen molar-refractivity contribution in [1.82, 2.24) is 20.0 Å². The predicted octanol–water partition coefficient (Wildman–Crippen LogP) is 1.33. The van der Waals surface area contributed by atoms with E-state index in [0.29, 0.717) is 0 Å². The van der Waals surface area contributed by atoms with Gasteiger partial charge in [-0.15, -0.1) is 0 Å². The Hall–Kier alpha value is -0.870. The molecule has 1 aromatic rings. The van der Waals surface area contributed by atoms with Gasteiger partial charge in [-0.3, -0.25) is 4.68 Å². The summed E-state index contributed by atoms with van der Waals surface area (Å²) >= 11 is 0. The fourth-order valence-electron chi connectivity index (χ4n) is 1.66. The highest BCUT2D eigenvalue weighted by Crippen LogP contribution is 1.99. The standard InChI is InChI=1S/C12H24N4/c1-4-9-16-12(6-8-14-16)11-13-7-5-10-15(2)3/h6,8,13H,4-5,7,9-11H2,1-3H3. The lowest BCUT2D eigenvalue weighted by Crippen LogP contribution is -2.22. The van der Waals surface area contributed by atoms with Crippen molar-refractivity contribution in [3.8, 4) is 0 Å². The molecular formula is C12H24N4. The van der Waals surface area contributed by atoms with Crippen LogP contribution in [0.2, 0.25) is 0 Å². The van der Waals surface area contributed by atoms with Crippen molar-refractivity contribution >= 4 is 0 Å². The number of nitrogens with zero attached hydrogens (tertiary/aromatic N) is 3. The second-order valence-electron chi connectivity index (χ2n) is 4.38. The summed E-state index contributed by atoms with van der Waals surface area (Å²) in [6.07, 6.45) is 4.21. The molecule has 0 bridgehead atoms. The first kappa shape index (κ1) is 13.2. The molecule has 1 rings (SSSR count). The Kier molecular flexibility index (Phi) is 6.11. The van der Waals surface area contributed by atoms with Crippen LogP contribution in [-0.2, 0) is 13.1 Å². The zero-order chi connectivity index (χ0) is 11.8. The van der Waals surface area contributed by atoms with Gasteiger partial charge >= 0.3 is 0 Å². The molecule has 0 aliphatic carbocycles. The molecular weight excluding hydrogens is 200 g/mol. The van der Waals surface area contributed by atoms with Gasteiger partial charge in [0, 0.05) is 19.3 Å². The quantitative estimate of drug-likeness (QED) is 0.676. The van der Waals surface area contributed by atoms with Gasteiger partial charge < -0.3 is 10.2 Å². The van der Waals surface area contributed by atoms with Gasteiger partial charge in [-0.2, -0.15) is 5.10 Å². The molecule has 1 aromatic heterocycles. The minimum absolute atomic E-state index is 0.924. The Morgan fingerprint density at radius 2 is 2.25 bits per heavy atom. The molecule has 0 aliphatic heterocycles. The van der Waals surface area contributed by atoms with Crippen molar-refractivity contribution in [1.29, 1.82) is 0 Å². The molecule has 1 heterocycles. The van der Waals surface area contributed by atoms with Gasteiger partial charge in [0.05, 0.1) is 5.69 Å². The van der Waals surface area contributed by atoms with Crippen LogP contribution in [0.1, 0.15) is 25.5 Å². The molecule has 0 amide bonds. The number of hydrogen-bond acceptors (Lipinski definition) is 3. The van der Waals surface area contributed by atoms with Crippen LogP contribution in [0.15, 0.2) is 12.3 Å². The van der Waals surface area contributed by atoms with E-state index in [2.05, 4.69) is 47.1 Å². The summed E-state index contributed by atoms with van der Waals surface area (Å²) in [7, 11) is 4.21.